The third kappa shape index (κ3) is 1.29. The SMILES string of the molecule is COC1(F)C=CC(F)(F)C(F)(F)C1(F)OC. The van der Waals surface area contributed by atoms with E-state index < -0.39 is 29.6 Å². The van der Waals surface area contributed by atoms with Crippen LogP contribution >= 0.6 is 0 Å². The monoisotopic (exact) mass is 250 g/mol. The molecule has 1 aliphatic rings. The van der Waals surface area contributed by atoms with E-state index in [4.69, 9.17) is 0 Å². The first kappa shape index (κ1) is 13.3. The van der Waals surface area contributed by atoms with Gasteiger partial charge in [0.1, 0.15) is 0 Å². The Morgan fingerprint density at radius 1 is 0.812 bits per heavy atom. The molecule has 0 heterocycles. The van der Waals surface area contributed by atoms with Crippen LogP contribution in [0.25, 0.3) is 0 Å². The molecule has 1 aliphatic carbocycles. The molecule has 1 rings (SSSR count). The maximum Gasteiger partial charge on any atom is 0.377 e. The summed E-state index contributed by atoms with van der Waals surface area (Å²) in [4.78, 5) is 0. The standard InChI is InChI=1S/C8H8F6O2/c1-15-6(11)4-3-5(9,10)7(12,13)8(6,14)16-2/h3-4H,1-2H3. The van der Waals surface area contributed by atoms with Crippen molar-refractivity contribution in [3.8, 4) is 0 Å². The van der Waals surface area contributed by atoms with Crippen LogP contribution in [0.1, 0.15) is 0 Å². The van der Waals surface area contributed by atoms with Gasteiger partial charge in [0.05, 0.1) is 0 Å². The number of alkyl halides is 6. The predicted molar refractivity (Wildman–Crippen MR) is 40.7 cm³/mol. The average Bonchev–Trinajstić information content (AvgIpc) is 2.22. The normalized spacial score (nSPS) is 41.0. The molecule has 2 atom stereocenters. The van der Waals surface area contributed by atoms with E-state index in [0.717, 1.165) is 0 Å². The highest BCUT2D eigenvalue weighted by Crippen LogP contribution is 2.55. The fourth-order valence-corrected chi connectivity index (χ4v) is 1.32. The lowest BCUT2D eigenvalue weighted by molar-refractivity contribution is -0.405. The molecule has 0 radical (unpaired) electrons. The van der Waals surface area contributed by atoms with Crippen molar-refractivity contribution in [2.75, 3.05) is 14.2 Å². The van der Waals surface area contributed by atoms with Gasteiger partial charge in [0, 0.05) is 14.2 Å². The number of ether oxygens (including phenoxy) is 2. The van der Waals surface area contributed by atoms with E-state index in [9.17, 15) is 26.3 Å². The van der Waals surface area contributed by atoms with E-state index in [-0.39, 0.29) is 6.08 Å². The molecule has 94 valence electrons. The molecule has 0 aromatic heterocycles. The molecule has 0 saturated carbocycles. The molecule has 16 heavy (non-hydrogen) atoms. The number of methoxy groups -OCH3 is 2. The Morgan fingerprint density at radius 2 is 1.31 bits per heavy atom. The quantitative estimate of drug-likeness (QED) is 0.553. The molecular weight excluding hydrogens is 242 g/mol. The maximum absolute atomic E-state index is 13.6. The zero-order chi connectivity index (χ0) is 12.8. The Morgan fingerprint density at radius 3 is 1.69 bits per heavy atom. The molecule has 2 unspecified atom stereocenters. The van der Waals surface area contributed by atoms with Crippen LogP contribution in [0, 0.1) is 0 Å². The minimum Gasteiger partial charge on any atom is -0.341 e. The van der Waals surface area contributed by atoms with Crippen LogP contribution in [0.4, 0.5) is 26.3 Å². The summed E-state index contributed by atoms with van der Waals surface area (Å²) in [6.45, 7) is 0. The van der Waals surface area contributed by atoms with Gasteiger partial charge >= 0.3 is 17.7 Å². The van der Waals surface area contributed by atoms with E-state index >= 15 is 0 Å². The zero-order valence-corrected chi connectivity index (χ0v) is 8.24. The Kier molecular flexibility index (Phi) is 2.80. The molecule has 0 aliphatic heterocycles. The van der Waals surface area contributed by atoms with E-state index in [0.29, 0.717) is 14.2 Å². The summed E-state index contributed by atoms with van der Waals surface area (Å²) in [6.07, 6.45) is -0.582. The van der Waals surface area contributed by atoms with Crippen molar-refractivity contribution >= 4 is 0 Å². The lowest BCUT2D eigenvalue weighted by atomic mass is 9.89. The minimum absolute atomic E-state index is 0.131. The molecule has 0 fully saturated rings. The summed E-state index contributed by atoms with van der Waals surface area (Å²) >= 11 is 0. The topological polar surface area (TPSA) is 18.5 Å². The Bertz CT molecular complexity index is 318. The van der Waals surface area contributed by atoms with Gasteiger partial charge in [0.2, 0.25) is 0 Å². The lowest BCUT2D eigenvalue weighted by Crippen LogP contribution is -2.68. The van der Waals surface area contributed by atoms with Crippen molar-refractivity contribution in [3.05, 3.63) is 12.2 Å². The Labute approximate surface area is 86.8 Å². The second-order valence-corrected chi connectivity index (χ2v) is 3.18. The number of hydrogen-bond donors (Lipinski definition) is 0. The van der Waals surface area contributed by atoms with Gasteiger partial charge in [0.25, 0.3) is 5.85 Å². The first-order valence-electron chi connectivity index (χ1n) is 4.02. The molecule has 0 aromatic rings. The van der Waals surface area contributed by atoms with E-state index in [1.165, 1.54) is 0 Å². The number of rotatable bonds is 2. The molecule has 0 saturated heterocycles. The highest BCUT2D eigenvalue weighted by Gasteiger charge is 2.80. The molecular formula is C8H8F6O2. The molecule has 2 nitrogen and oxygen atoms in total. The second kappa shape index (κ2) is 3.36. The van der Waals surface area contributed by atoms with E-state index in [2.05, 4.69) is 9.47 Å². The van der Waals surface area contributed by atoms with Crippen LogP contribution in [0.3, 0.4) is 0 Å². The van der Waals surface area contributed by atoms with Gasteiger partial charge in [-0.3, -0.25) is 0 Å². The first-order chi connectivity index (χ1) is 7.08. The van der Waals surface area contributed by atoms with Crippen LogP contribution in [0.2, 0.25) is 0 Å². The van der Waals surface area contributed by atoms with Crippen LogP contribution < -0.4 is 0 Å². The number of allylic oxidation sites excluding steroid dienone is 1. The van der Waals surface area contributed by atoms with Crippen molar-refractivity contribution in [1.82, 2.24) is 0 Å². The Balaban J connectivity index is 3.43. The van der Waals surface area contributed by atoms with Gasteiger partial charge in [-0.05, 0) is 12.2 Å². The van der Waals surface area contributed by atoms with E-state index in [1.807, 2.05) is 0 Å². The second-order valence-electron chi connectivity index (χ2n) is 3.18. The van der Waals surface area contributed by atoms with Crippen molar-refractivity contribution in [3.63, 3.8) is 0 Å². The smallest absolute Gasteiger partial charge is 0.341 e. The highest BCUT2D eigenvalue weighted by atomic mass is 19.3. The molecule has 0 spiro atoms. The predicted octanol–water partition coefficient (Wildman–Crippen LogP) is 2.45. The minimum atomic E-state index is -5.39. The van der Waals surface area contributed by atoms with Crippen molar-refractivity contribution in [2.24, 2.45) is 0 Å². The van der Waals surface area contributed by atoms with Gasteiger partial charge in [-0.15, -0.1) is 0 Å². The number of hydrogen-bond acceptors (Lipinski definition) is 2. The summed E-state index contributed by atoms with van der Waals surface area (Å²) in [6, 6.07) is 0. The maximum atomic E-state index is 13.6. The molecule has 0 amide bonds. The summed E-state index contributed by atoms with van der Waals surface area (Å²) in [7, 11) is 0.897. The summed E-state index contributed by atoms with van der Waals surface area (Å²) < 4.78 is 86.3. The first-order valence-corrected chi connectivity index (χ1v) is 4.02. The third-order valence-corrected chi connectivity index (χ3v) is 2.35. The number of halogens is 6. The van der Waals surface area contributed by atoms with Gasteiger partial charge in [0.15, 0.2) is 0 Å². The molecule has 8 heteroatoms. The van der Waals surface area contributed by atoms with Crippen molar-refractivity contribution in [2.45, 2.75) is 23.6 Å². The van der Waals surface area contributed by atoms with Gasteiger partial charge in [-0.25, -0.2) is 4.39 Å². The molecule has 0 N–H and O–H groups in total. The molecule has 0 aromatic carbocycles. The van der Waals surface area contributed by atoms with Crippen molar-refractivity contribution < 1.29 is 35.8 Å². The van der Waals surface area contributed by atoms with Gasteiger partial charge in [-0.2, -0.15) is 22.0 Å². The van der Waals surface area contributed by atoms with Crippen LogP contribution in [-0.4, -0.2) is 37.8 Å². The van der Waals surface area contributed by atoms with E-state index in [1.54, 1.807) is 0 Å². The fourth-order valence-electron chi connectivity index (χ4n) is 1.32. The highest BCUT2D eigenvalue weighted by molar-refractivity contribution is 5.23. The lowest BCUT2D eigenvalue weighted by Gasteiger charge is -2.44. The summed E-state index contributed by atoms with van der Waals surface area (Å²) in [5.41, 5.74) is 0. The largest absolute Gasteiger partial charge is 0.377 e. The van der Waals surface area contributed by atoms with Crippen LogP contribution in [-0.2, 0) is 9.47 Å². The van der Waals surface area contributed by atoms with Crippen LogP contribution in [0.5, 0.6) is 0 Å². The van der Waals surface area contributed by atoms with Crippen LogP contribution in [0.15, 0.2) is 12.2 Å². The average molecular weight is 250 g/mol. The third-order valence-electron chi connectivity index (χ3n) is 2.35. The fraction of sp³-hybridized carbons (Fsp3) is 0.750. The zero-order valence-electron chi connectivity index (χ0n) is 8.24. The van der Waals surface area contributed by atoms with Gasteiger partial charge < -0.3 is 9.47 Å². The summed E-state index contributed by atoms with van der Waals surface area (Å²) in [5.74, 6) is -18.7. The van der Waals surface area contributed by atoms with Gasteiger partial charge in [-0.1, -0.05) is 0 Å². The van der Waals surface area contributed by atoms with Crippen molar-refractivity contribution in [1.29, 1.82) is 0 Å². The Hall–Kier alpha value is -0.760. The summed E-state index contributed by atoms with van der Waals surface area (Å²) in [5, 5.41) is 0. The molecule has 0 bridgehead atoms.